The standard InChI is InChI=1S/C21H27FN4O.2ClH/c1-16(21(27)24-11-10-17-2-6-19(23)7-3-17)25-12-14-26(15-13-25)20-8-4-18(22)5-9-20;;/h2-9,16H,10-15,23H2,1H3,(H,24,27);2*1H. The summed E-state index contributed by atoms with van der Waals surface area (Å²) < 4.78 is 13.1. The molecule has 1 atom stereocenters. The molecule has 1 unspecified atom stereocenters. The zero-order valence-electron chi connectivity index (χ0n) is 16.5. The van der Waals surface area contributed by atoms with E-state index in [-0.39, 0.29) is 42.6 Å². The van der Waals surface area contributed by atoms with Crippen LogP contribution in [-0.2, 0) is 11.2 Å². The lowest BCUT2D eigenvalue weighted by Crippen LogP contribution is -2.54. The molecule has 1 fully saturated rings. The molecule has 0 bridgehead atoms. The van der Waals surface area contributed by atoms with Crippen LogP contribution >= 0.6 is 24.8 Å². The first kappa shape index (κ1) is 25.0. The molecule has 2 aromatic carbocycles. The minimum atomic E-state index is -0.221. The quantitative estimate of drug-likeness (QED) is 0.674. The van der Waals surface area contributed by atoms with Gasteiger partial charge in [-0.1, -0.05) is 12.1 Å². The third-order valence-corrected chi connectivity index (χ3v) is 5.13. The second-order valence-corrected chi connectivity index (χ2v) is 6.96. The van der Waals surface area contributed by atoms with E-state index in [0.29, 0.717) is 6.54 Å². The topological polar surface area (TPSA) is 61.6 Å². The van der Waals surface area contributed by atoms with Crippen molar-refractivity contribution in [1.82, 2.24) is 10.2 Å². The van der Waals surface area contributed by atoms with E-state index in [2.05, 4.69) is 15.1 Å². The Morgan fingerprint density at radius 2 is 1.62 bits per heavy atom. The van der Waals surface area contributed by atoms with Crippen molar-refractivity contribution in [2.75, 3.05) is 43.4 Å². The van der Waals surface area contributed by atoms with E-state index in [1.165, 1.54) is 12.1 Å². The van der Waals surface area contributed by atoms with Crippen molar-refractivity contribution < 1.29 is 9.18 Å². The van der Waals surface area contributed by atoms with Gasteiger partial charge in [-0.3, -0.25) is 9.69 Å². The number of nitrogens with one attached hydrogen (secondary N) is 1. The van der Waals surface area contributed by atoms with Crippen molar-refractivity contribution in [2.45, 2.75) is 19.4 Å². The smallest absolute Gasteiger partial charge is 0.237 e. The van der Waals surface area contributed by atoms with E-state index in [1.807, 2.05) is 31.2 Å². The van der Waals surface area contributed by atoms with E-state index < -0.39 is 0 Å². The van der Waals surface area contributed by atoms with Crippen molar-refractivity contribution in [1.29, 1.82) is 0 Å². The number of nitrogens with two attached hydrogens (primary N) is 1. The summed E-state index contributed by atoms with van der Waals surface area (Å²) in [5.41, 5.74) is 8.61. The highest BCUT2D eigenvalue weighted by atomic mass is 35.5. The fourth-order valence-electron chi connectivity index (χ4n) is 3.35. The summed E-state index contributed by atoms with van der Waals surface area (Å²) in [7, 11) is 0. The third-order valence-electron chi connectivity index (χ3n) is 5.13. The SMILES string of the molecule is CC(C(=O)NCCc1ccc(N)cc1)N1CCN(c2ccc(F)cc2)CC1.Cl.Cl. The molecule has 1 aliphatic heterocycles. The number of amides is 1. The first-order valence-electron chi connectivity index (χ1n) is 9.39. The normalized spacial score (nSPS) is 15.0. The Bertz CT molecular complexity index is 750. The van der Waals surface area contributed by atoms with Crippen LogP contribution in [0.2, 0.25) is 0 Å². The number of piperazine rings is 1. The Labute approximate surface area is 184 Å². The van der Waals surface area contributed by atoms with Gasteiger partial charge < -0.3 is 16.0 Å². The number of nitrogens with zero attached hydrogens (tertiary/aromatic N) is 2. The van der Waals surface area contributed by atoms with E-state index in [0.717, 1.165) is 49.5 Å². The Hall–Kier alpha value is -2.02. The average molecular weight is 443 g/mol. The van der Waals surface area contributed by atoms with E-state index in [1.54, 1.807) is 12.1 Å². The molecule has 29 heavy (non-hydrogen) atoms. The Kier molecular flexibility index (Phi) is 10.2. The zero-order chi connectivity index (χ0) is 19.2. The fraction of sp³-hybridized carbons (Fsp3) is 0.381. The summed E-state index contributed by atoms with van der Waals surface area (Å²) in [5.74, 6) is -0.165. The number of rotatable bonds is 6. The van der Waals surface area contributed by atoms with Crippen molar-refractivity contribution >= 4 is 42.1 Å². The largest absolute Gasteiger partial charge is 0.399 e. The lowest BCUT2D eigenvalue weighted by Gasteiger charge is -2.38. The summed E-state index contributed by atoms with van der Waals surface area (Å²) in [6.45, 7) is 5.84. The Morgan fingerprint density at radius 1 is 1.03 bits per heavy atom. The average Bonchev–Trinajstić information content (AvgIpc) is 2.69. The number of anilines is 2. The van der Waals surface area contributed by atoms with Crippen LogP contribution in [0, 0.1) is 5.82 Å². The van der Waals surface area contributed by atoms with Gasteiger partial charge in [-0.2, -0.15) is 0 Å². The first-order valence-corrected chi connectivity index (χ1v) is 9.39. The lowest BCUT2D eigenvalue weighted by molar-refractivity contribution is -0.125. The number of halogens is 3. The maximum atomic E-state index is 13.1. The summed E-state index contributed by atoms with van der Waals surface area (Å²) in [6.07, 6.45) is 0.789. The summed E-state index contributed by atoms with van der Waals surface area (Å²) in [5, 5.41) is 3.02. The maximum Gasteiger partial charge on any atom is 0.237 e. The molecule has 0 aromatic heterocycles. The molecular weight excluding hydrogens is 414 g/mol. The number of benzene rings is 2. The Morgan fingerprint density at radius 3 is 2.21 bits per heavy atom. The molecule has 1 saturated heterocycles. The molecule has 5 nitrogen and oxygen atoms in total. The van der Waals surface area contributed by atoms with Crippen molar-refractivity contribution in [3.63, 3.8) is 0 Å². The maximum absolute atomic E-state index is 13.1. The van der Waals surface area contributed by atoms with Gasteiger partial charge in [-0.25, -0.2) is 4.39 Å². The highest BCUT2D eigenvalue weighted by Gasteiger charge is 2.25. The number of carbonyl (C=O) groups excluding carboxylic acids is 1. The number of nitrogen functional groups attached to an aromatic ring is 1. The molecule has 1 amide bonds. The van der Waals surface area contributed by atoms with Gasteiger partial charge in [-0.05, 0) is 55.3 Å². The highest BCUT2D eigenvalue weighted by Crippen LogP contribution is 2.17. The number of hydrogen-bond acceptors (Lipinski definition) is 4. The molecule has 3 rings (SSSR count). The zero-order valence-corrected chi connectivity index (χ0v) is 18.1. The predicted octanol–water partition coefficient (Wildman–Crippen LogP) is 3.12. The fourth-order valence-corrected chi connectivity index (χ4v) is 3.35. The first-order chi connectivity index (χ1) is 13.0. The molecule has 3 N–H and O–H groups in total. The van der Waals surface area contributed by atoms with Gasteiger partial charge in [-0.15, -0.1) is 24.8 Å². The minimum absolute atomic E-state index is 0. The lowest BCUT2D eigenvalue weighted by atomic mass is 10.1. The van der Waals surface area contributed by atoms with Gasteiger partial charge in [0.05, 0.1) is 6.04 Å². The van der Waals surface area contributed by atoms with Crippen LogP contribution in [0.4, 0.5) is 15.8 Å². The molecular formula is C21H29Cl2FN4O. The monoisotopic (exact) mass is 442 g/mol. The van der Waals surface area contributed by atoms with Gasteiger partial charge >= 0.3 is 0 Å². The second-order valence-electron chi connectivity index (χ2n) is 6.96. The number of carbonyl (C=O) groups is 1. The van der Waals surface area contributed by atoms with Gasteiger partial charge in [0.1, 0.15) is 5.82 Å². The van der Waals surface area contributed by atoms with Crippen LogP contribution < -0.4 is 16.0 Å². The molecule has 8 heteroatoms. The highest BCUT2D eigenvalue weighted by molar-refractivity contribution is 5.85. The molecule has 1 aliphatic rings. The van der Waals surface area contributed by atoms with Crippen molar-refractivity contribution in [2.24, 2.45) is 0 Å². The number of hydrogen-bond donors (Lipinski definition) is 2. The van der Waals surface area contributed by atoms with E-state index in [9.17, 15) is 9.18 Å². The van der Waals surface area contributed by atoms with E-state index >= 15 is 0 Å². The van der Waals surface area contributed by atoms with Crippen LogP contribution in [0.5, 0.6) is 0 Å². The van der Waals surface area contributed by atoms with Gasteiger partial charge in [0.25, 0.3) is 0 Å². The molecule has 0 saturated carbocycles. The molecule has 0 aliphatic carbocycles. The van der Waals surface area contributed by atoms with Crippen molar-refractivity contribution in [3.8, 4) is 0 Å². The van der Waals surface area contributed by atoms with Gasteiger partial charge in [0, 0.05) is 44.1 Å². The van der Waals surface area contributed by atoms with Crippen LogP contribution in [0.3, 0.4) is 0 Å². The minimum Gasteiger partial charge on any atom is -0.399 e. The van der Waals surface area contributed by atoms with Gasteiger partial charge in [0.15, 0.2) is 0 Å². The van der Waals surface area contributed by atoms with Gasteiger partial charge in [0.2, 0.25) is 5.91 Å². The molecule has 1 heterocycles. The molecule has 2 aromatic rings. The van der Waals surface area contributed by atoms with Crippen molar-refractivity contribution in [3.05, 3.63) is 59.9 Å². The predicted molar refractivity (Wildman–Crippen MR) is 122 cm³/mol. The van der Waals surface area contributed by atoms with Crippen LogP contribution in [0.1, 0.15) is 12.5 Å². The van der Waals surface area contributed by atoms with Crippen LogP contribution in [-0.4, -0.2) is 49.6 Å². The third kappa shape index (κ3) is 7.07. The molecule has 0 spiro atoms. The summed E-state index contributed by atoms with van der Waals surface area (Å²) in [4.78, 5) is 16.9. The summed E-state index contributed by atoms with van der Waals surface area (Å²) in [6, 6.07) is 14.1. The Balaban J connectivity index is 0.00000210. The van der Waals surface area contributed by atoms with Crippen LogP contribution in [0.15, 0.2) is 48.5 Å². The second kappa shape index (κ2) is 11.9. The van der Waals surface area contributed by atoms with E-state index in [4.69, 9.17) is 5.73 Å². The van der Waals surface area contributed by atoms with Crippen LogP contribution in [0.25, 0.3) is 0 Å². The molecule has 160 valence electrons. The molecule has 0 radical (unpaired) electrons. The summed E-state index contributed by atoms with van der Waals surface area (Å²) >= 11 is 0.